The van der Waals surface area contributed by atoms with Crippen molar-refractivity contribution in [2.24, 2.45) is 5.73 Å². The predicted molar refractivity (Wildman–Crippen MR) is 69.5 cm³/mol. The van der Waals surface area contributed by atoms with Crippen molar-refractivity contribution in [2.45, 2.75) is 18.9 Å². The van der Waals surface area contributed by atoms with E-state index in [2.05, 4.69) is 21.9 Å². The molecule has 0 bridgehead atoms. The molecule has 2 N–H and O–H groups in total. The zero-order valence-corrected chi connectivity index (χ0v) is 10.8. The summed E-state index contributed by atoms with van der Waals surface area (Å²) in [5, 5.41) is 0. The molecular weight excluding hydrogens is 230 g/mol. The number of carbonyl (C=O) groups excluding carboxylic acids is 1. The van der Waals surface area contributed by atoms with E-state index in [1.807, 2.05) is 11.9 Å². The predicted octanol–water partition coefficient (Wildman–Crippen LogP) is 0.106. The van der Waals surface area contributed by atoms with Crippen LogP contribution in [0.15, 0.2) is 12.4 Å². The SMILES string of the molecule is CN(CC1CCCN1C)c1cncc(C(N)=O)n1. The summed E-state index contributed by atoms with van der Waals surface area (Å²) in [5.74, 6) is 0.141. The number of likely N-dealkylation sites (N-methyl/N-ethyl adjacent to an activating group) is 2. The molecule has 2 rings (SSSR count). The van der Waals surface area contributed by atoms with E-state index >= 15 is 0 Å². The molecule has 18 heavy (non-hydrogen) atoms. The van der Waals surface area contributed by atoms with Crippen molar-refractivity contribution < 1.29 is 4.79 Å². The van der Waals surface area contributed by atoms with E-state index in [1.54, 1.807) is 6.20 Å². The van der Waals surface area contributed by atoms with Crippen LogP contribution < -0.4 is 10.6 Å². The zero-order chi connectivity index (χ0) is 13.1. The van der Waals surface area contributed by atoms with Gasteiger partial charge < -0.3 is 15.5 Å². The van der Waals surface area contributed by atoms with Gasteiger partial charge in [0.2, 0.25) is 0 Å². The number of hydrogen-bond acceptors (Lipinski definition) is 5. The number of aromatic nitrogens is 2. The Morgan fingerprint density at radius 2 is 2.39 bits per heavy atom. The molecule has 0 saturated carbocycles. The Bertz CT molecular complexity index is 436. The fourth-order valence-electron chi connectivity index (χ4n) is 2.28. The Kier molecular flexibility index (Phi) is 3.76. The van der Waals surface area contributed by atoms with Gasteiger partial charge in [-0.05, 0) is 26.4 Å². The van der Waals surface area contributed by atoms with Crippen molar-refractivity contribution >= 4 is 11.7 Å². The Hall–Kier alpha value is -1.69. The first kappa shape index (κ1) is 12.8. The molecule has 1 aliphatic heterocycles. The molecule has 1 aromatic heterocycles. The summed E-state index contributed by atoms with van der Waals surface area (Å²) >= 11 is 0. The van der Waals surface area contributed by atoms with E-state index in [9.17, 15) is 4.79 Å². The number of carbonyl (C=O) groups is 1. The van der Waals surface area contributed by atoms with Crippen molar-refractivity contribution in [1.82, 2.24) is 14.9 Å². The van der Waals surface area contributed by atoms with Gasteiger partial charge in [-0.1, -0.05) is 0 Å². The van der Waals surface area contributed by atoms with Crippen LogP contribution in [-0.2, 0) is 0 Å². The number of nitrogens with zero attached hydrogens (tertiary/aromatic N) is 4. The fraction of sp³-hybridized carbons (Fsp3) is 0.583. The minimum absolute atomic E-state index is 0.208. The van der Waals surface area contributed by atoms with Gasteiger partial charge in [0, 0.05) is 19.6 Å². The first-order chi connectivity index (χ1) is 8.58. The molecule has 0 radical (unpaired) electrons. The molecule has 6 heteroatoms. The molecule has 1 saturated heterocycles. The van der Waals surface area contributed by atoms with Crippen molar-refractivity contribution in [2.75, 3.05) is 32.1 Å². The lowest BCUT2D eigenvalue weighted by Gasteiger charge is -2.26. The van der Waals surface area contributed by atoms with Gasteiger partial charge in [0.25, 0.3) is 5.91 Å². The normalized spacial score (nSPS) is 20.0. The number of anilines is 1. The second-order valence-corrected chi connectivity index (χ2v) is 4.78. The second kappa shape index (κ2) is 5.30. The Morgan fingerprint density at radius 1 is 1.61 bits per heavy atom. The van der Waals surface area contributed by atoms with Gasteiger partial charge >= 0.3 is 0 Å². The van der Waals surface area contributed by atoms with Crippen LogP contribution in [0.3, 0.4) is 0 Å². The first-order valence-electron chi connectivity index (χ1n) is 6.11. The Balaban J connectivity index is 2.06. The number of rotatable bonds is 4. The van der Waals surface area contributed by atoms with Crippen LogP contribution in [-0.4, -0.2) is 54.0 Å². The average Bonchev–Trinajstić information content (AvgIpc) is 2.75. The Morgan fingerprint density at radius 3 is 3.00 bits per heavy atom. The molecule has 1 amide bonds. The lowest BCUT2D eigenvalue weighted by atomic mass is 10.2. The van der Waals surface area contributed by atoms with Crippen molar-refractivity contribution in [3.63, 3.8) is 0 Å². The molecule has 6 nitrogen and oxygen atoms in total. The summed E-state index contributed by atoms with van der Waals surface area (Å²) in [6, 6.07) is 0.536. The third-order valence-corrected chi connectivity index (χ3v) is 3.42. The van der Waals surface area contributed by atoms with E-state index < -0.39 is 5.91 Å². The molecule has 1 unspecified atom stereocenters. The summed E-state index contributed by atoms with van der Waals surface area (Å²) in [5.41, 5.74) is 5.41. The minimum atomic E-state index is -0.546. The summed E-state index contributed by atoms with van der Waals surface area (Å²) in [4.78, 5) is 23.6. The van der Waals surface area contributed by atoms with Crippen LogP contribution in [0.1, 0.15) is 23.3 Å². The van der Waals surface area contributed by atoms with Crippen LogP contribution in [0.4, 0.5) is 5.82 Å². The molecule has 2 heterocycles. The van der Waals surface area contributed by atoms with Gasteiger partial charge in [-0.2, -0.15) is 0 Å². The molecule has 0 aliphatic carbocycles. The van der Waals surface area contributed by atoms with Crippen LogP contribution >= 0.6 is 0 Å². The quantitative estimate of drug-likeness (QED) is 0.819. The van der Waals surface area contributed by atoms with Crippen LogP contribution in [0, 0.1) is 0 Å². The maximum Gasteiger partial charge on any atom is 0.268 e. The van der Waals surface area contributed by atoms with Gasteiger partial charge in [-0.3, -0.25) is 9.78 Å². The molecule has 98 valence electrons. The summed E-state index contributed by atoms with van der Waals surface area (Å²) < 4.78 is 0. The van der Waals surface area contributed by atoms with Gasteiger partial charge in [-0.15, -0.1) is 0 Å². The molecule has 0 aromatic carbocycles. The second-order valence-electron chi connectivity index (χ2n) is 4.78. The van der Waals surface area contributed by atoms with E-state index in [1.165, 1.54) is 19.0 Å². The molecule has 1 atom stereocenters. The van der Waals surface area contributed by atoms with Crippen LogP contribution in [0.2, 0.25) is 0 Å². The van der Waals surface area contributed by atoms with Gasteiger partial charge in [0.05, 0.1) is 12.4 Å². The van der Waals surface area contributed by atoms with E-state index in [-0.39, 0.29) is 5.69 Å². The maximum atomic E-state index is 11.1. The summed E-state index contributed by atoms with van der Waals surface area (Å²) in [6.07, 6.45) is 5.48. The lowest BCUT2D eigenvalue weighted by Crippen LogP contribution is -2.37. The number of likely N-dealkylation sites (tertiary alicyclic amines) is 1. The monoisotopic (exact) mass is 249 g/mol. The maximum absolute atomic E-state index is 11.1. The van der Waals surface area contributed by atoms with Crippen molar-refractivity contribution in [3.05, 3.63) is 18.1 Å². The van der Waals surface area contributed by atoms with Crippen molar-refractivity contribution in [1.29, 1.82) is 0 Å². The largest absolute Gasteiger partial charge is 0.364 e. The highest BCUT2D eigenvalue weighted by atomic mass is 16.1. The number of hydrogen-bond donors (Lipinski definition) is 1. The number of primary amides is 1. The molecule has 1 fully saturated rings. The summed E-state index contributed by atoms with van der Waals surface area (Å²) in [7, 11) is 4.10. The van der Waals surface area contributed by atoms with Crippen molar-refractivity contribution in [3.8, 4) is 0 Å². The molecule has 1 aromatic rings. The third kappa shape index (κ3) is 2.76. The van der Waals surface area contributed by atoms with Crippen LogP contribution in [0.25, 0.3) is 0 Å². The molecule has 0 spiro atoms. The van der Waals surface area contributed by atoms with Gasteiger partial charge in [0.1, 0.15) is 11.5 Å². The topological polar surface area (TPSA) is 75.3 Å². The van der Waals surface area contributed by atoms with E-state index in [0.29, 0.717) is 11.9 Å². The lowest BCUT2D eigenvalue weighted by molar-refractivity contribution is 0.0995. The van der Waals surface area contributed by atoms with Crippen LogP contribution in [0.5, 0.6) is 0 Å². The van der Waals surface area contributed by atoms with E-state index in [0.717, 1.165) is 13.1 Å². The van der Waals surface area contributed by atoms with E-state index in [4.69, 9.17) is 5.73 Å². The zero-order valence-electron chi connectivity index (χ0n) is 10.8. The Labute approximate surface area is 107 Å². The smallest absolute Gasteiger partial charge is 0.268 e. The molecular formula is C12H19N5O. The summed E-state index contributed by atoms with van der Waals surface area (Å²) in [6.45, 7) is 2.03. The molecule has 1 aliphatic rings. The first-order valence-corrected chi connectivity index (χ1v) is 6.11. The average molecular weight is 249 g/mol. The number of nitrogens with two attached hydrogens (primary N) is 1. The standard InChI is InChI=1S/C12H19N5O/c1-16-5-3-4-9(16)8-17(2)11-7-14-6-10(15-11)12(13)18/h6-7,9H,3-5,8H2,1-2H3,(H2,13,18). The minimum Gasteiger partial charge on any atom is -0.364 e. The highest BCUT2D eigenvalue weighted by Gasteiger charge is 2.22. The fourth-order valence-corrected chi connectivity index (χ4v) is 2.28. The highest BCUT2D eigenvalue weighted by molar-refractivity contribution is 5.90. The van der Waals surface area contributed by atoms with Gasteiger partial charge in [-0.25, -0.2) is 4.98 Å². The third-order valence-electron chi connectivity index (χ3n) is 3.42. The highest BCUT2D eigenvalue weighted by Crippen LogP contribution is 2.17. The number of amides is 1. The van der Waals surface area contributed by atoms with Gasteiger partial charge in [0.15, 0.2) is 0 Å².